The van der Waals surface area contributed by atoms with Gasteiger partial charge in [-0.1, -0.05) is 6.42 Å². The highest BCUT2D eigenvalue weighted by atomic mass is 16.5. The Bertz CT molecular complexity index is 700. The van der Waals surface area contributed by atoms with E-state index in [0.717, 1.165) is 25.7 Å². The summed E-state index contributed by atoms with van der Waals surface area (Å²) in [7, 11) is 2.92. The summed E-state index contributed by atoms with van der Waals surface area (Å²) in [5.41, 5.74) is 11.7. The standard InChI is InChI=1S/C20H29N3O5/c1-26-15-8-13(9-16(27-2)19(15)28-10-17(22)24)20(25)23-18-11-4-3-5-12(18)7-14(21)6-11/h8-9,11-12,14,18H,3-7,10,21H2,1-2H3,(H2,22,24)(H,23,25). The quantitative estimate of drug-likeness (QED) is 0.641. The van der Waals surface area contributed by atoms with Crippen LogP contribution in [0.2, 0.25) is 0 Å². The molecule has 2 aliphatic carbocycles. The number of hydrogen-bond acceptors (Lipinski definition) is 6. The molecule has 5 N–H and O–H groups in total. The van der Waals surface area contributed by atoms with Gasteiger partial charge in [-0.3, -0.25) is 9.59 Å². The zero-order valence-corrected chi connectivity index (χ0v) is 16.4. The Labute approximate surface area is 164 Å². The van der Waals surface area contributed by atoms with Gasteiger partial charge >= 0.3 is 0 Å². The van der Waals surface area contributed by atoms with Crippen LogP contribution >= 0.6 is 0 Å². The number of primary amides is 1. The van der Waals surface area contributed by atoms with E-state index < -0.39 is 5.91 Å². The van der Waals surface area contributed by atoms with Gasteiger partial charge in [0.15, 0.2) is 18.1 Å². The fraction of sp³-hybridized carbons (Fsp3) is 0.600. The highest BCUT2D eigenvalue weighted by Crippen LogP contribution is 2.41. The molecule has 2 fully saturated rings. The molecular formula is C20H29N3O5. The van der Waals surface area contributed by atoms with E-state index in [2.05, 4.69) is 5.32 Å². The third-order valence-corrected chi connectivity index (χ3v) is 5.76. The van der Waals surface area contributed by atoms with Crippen molar-refractivity contribution < 1.29 is 23.8 Å². The average Bonchev–Trinajstić information content (AvgIpc) is 2.66. The number of nitrogens with two attached hydrogens (primary N) is 2. The number of benzene rings is 1. The molecule has 0 heterocycles. The summed E-state index contributed by atoms with van der Waals surface area (Å²) in [6, 6.07) is 3.53. The number of ether oxygens (including phenoxy) is 3. The Kier molecular flexibility index (Phi) is 6.28. The molecule has 8 heteroatoms. The predicted molar refractivity (Wildman–Crippen MR) is 104 cm³/mol. The summed E-state index contributed by atoms with van der Waals surface area (Å²) < 4.78 is 16.1. The molecule has 0 spiro atoms. The zero-order valence-electron chi connectivity index (χ0n) is 16.4. The molecule has 2 saturated carbocycles. The smallest absolute Gasteiger partial charge is 0.255 e. The van der Waals surface area contributed by atoms with Crippen molar-refractivity contribution >= 4 is 11.8 Å². The summed E-state index contributed by atoms with van der Waals surface area (Å²) in [6.45, 7) is -0.316. The van der Waals surface area contributed by atoms with Crippen molar-refractivity contribution in [2.24, 2.45) is 23.3 Å². The predicted octanol–water partition coefficient (Wildman–Crippen LogP) is 1.20. The van der Waals surface area contributed by atoms with Crippen LogP contribution in [-0.4, -0.2) is 44.7 Å². The fourth-order valence-corrected chi connectivity index (χ4v) is 4.56. The van der Waals surface area contributed by atoms with E-state index in [9.17, 15) is 9.59 Å². The van der Waals surface area contributed by atoms with E-state index in [-0.39, 0.29) is 30.3 Å². The van der Waals surface area contributed by atoms with E-state index in [1.54, 1.807) is 12.1 Å². The minimum absolute atomic E-state index is 0.142. The maximum Gasteiger partial charge on any atom is 0.255 e. The van der Waals surface area contributed by atoms with Crippen molar-refractivity contribution in [3.63, 3.8) is 0 Å². The molecule has 2 atom stereocenters. The SMILES string of the molecule is COc1cc(C(=O)NC2C3CCCC2CC(N)C3)cc(OC)c1OCC(N)=O. The lowest BCUT2D eigenvalue weighted by atomic mass is 9.67. The third-order valence-electron chi connectivity index (χ3n) is 5.76. The molecule has 2 aliphatic rings. The van der Waals surface area contributed by atoms with E-state index >= 15 is 0 Å². The number of carbonyl (C=O) groups excluding carboxylic acids is 2. The largest absolute Gasteiger partial charge is 0.493 e. The lowest BCUT2D eigenvalue weighted by Crippen LogP contribution is -2.53. The second-order valence-corrected chi connectivity index (χ2v) is 7.65. The monoisotopic (exact) mass is 391 g/mol. The molecule has 154 valence electrons. The number of carbonyl (C=O) groups is 2. The minimum Gasteiger partial charge on any atom is -0.493 e. The number of fused-ring (bicyclic) bond motifs is 2. The van der Waals surface area contributed by atoms with Crippen LogP contribution in [0.15, 0.2) is 12.1 Å². The molecule has 0 radical (unpaired) electrons. The number of rotatable bonds is 7. The molecule has 3 rings (SSSR count). The van der Waals surface area contributed by atoms with Gasteiger partial charge in [-0.05, 0) is 49.7 Å². The van der Waals surface area contributed by atoms with E-state index in [1.807, 2.05) is 0 Å². The second-order valence-electron chi connectivity index (χ2n) is 7.65. The van der Waals surface area contributed by atoms with Crippen molar-refractivity contribution in [3.05, 3.63) is 17.7 Å². The maximum absolute atomic E-state index is 13.0. The first-order valence-electron chi connectivity index (χ1n) is 9.66. The van der Waals surface area contributed by atoms with Crippen molar-refractivity contribution in [2.75, 3.05) is 20.8 Å². The summed E-state index contributed by atoms with van der Waals surface area (Å²) in [5.74, 6) is 0.888. The fourth-order valence-electron chi connectivity index (χ4n) is 4.56. The van der Waals surface area contributed by atoms with Crippen molar-refractivity contribution in [3.8, 4) is 17.2 Å². The zero-order chi connectivity index (χ0) is 20.3. The lowest BCUT2D eigenvalue weighted by Gasteiger charge is -2.45. The van der Waals surface area contributed by atoms with Crippen LogP contribution in [0.3, 0.4) is 0 Å². The molecule has 0 aromatic heterocycles. The minimum atomic E-state index is -0.618. The van der Waals surface area contributed by atoms with Crippen molar-refractivity contribution in [1.29, 1.82) is 0 Å². The molecule has 0 saturated heterocycles. The Morgan fingerprint density at radius 2 is 1.68 bits per heavy atom. The highest BCUT2D eigenvalue weighted by Gasteiger charge is 2.40. The van der Waals surface area contributed by atoms with Gasteiger partial charge in [-0.2, -0.15) is 0 Å². The molecule has 2 unspecified atom stereocenters. The van der Waals surface area contributed by atoms with Crippen LogP contribution in [0.5, 0.6) is 17.2 Å². The molecule has 2 bridgehead atoms. The van der Waals surface area contributed by atoms with Gasteiger partial charge in [0.05, 0.1) is 14.2 Å². The van der Waals surface area contributed by atoms with Crippen LogP contribution in [0.1, 0.15) is 42.5 Å². The molecule has 28 heavy (non-hydrogen) atoms. The molecule has 8 nitrogen and oxygen atoms in total. The topological polar surface area (TPSA) is 126 Å². The van der Waals surface area contributed by atoms with Crippen LogP contribution in [0, 0.1) is 11.8 Å². The molecule has 2 amide bonds. The van der Waals surface area contributed by atoms with Gasteiger partial charge in [-0.15, -0.1) is 0 Å². The van der Waals surface area contributed by atoms with Crippen LogP contribution in [0.25, 0.3) is 0 Å². The maximum atomic E-state index is 13.0. The average molecular weight is 391 g/mol. The highest BCUT2D eigenvalue weighted by molar-refractivity contribution is 5.96. The normalized spacial score (nSPS) is 26.2. The second kappa shape index (κ2) is 8.68. The van der Waals surface area contributed by atoms with Gasteiger partial charge in [-0.25, -0.2) is 0 Å². The molecule has 1 aromatic carbocycles. The van der Waals surface area contributed by atoms with Gasteiger partial charge < -0.3 is 31.0 Å². The number of nitrogens with one attached hydrogen (secondary N) is 1. The summed E-state index contributed by atoms with van der Waals surface area (Å²) in [6.07, 6.45) is 5.30. The third kappa shape index (κ3) is 4.32. The van der Waals surface area contributed by atoms with Crippen LogP contribution in [-0.2, 0) is 4.79 Å². The first kappa shape index (κ1) is 20.3. The molecule has 1 aromatic rings. The summed E-state index contributed by atoms with van der Waals surface area (Å²) >= 11 is 0. The Morgan fingerprint density at radius 1 is 1.11 bits per heavy atom. The first-order chi connectivity index (χ1) is 13.4. The van der Waals surface area contributed by atoms with Gasteiger partial charge in [0.25, 0.3) is 11.8 Å². The van der Waals surface area contributed by atoms with Gasteiger partial charge in [0.1, 0.15) is 0 Å². The summed E-state index contributed by atoms with van der Waals surface area (Å²) in [4.78, 5) is 24.0. The van der Waals surface area contributed by atoms with Crippen molar-refractivity contribution in [2.45, 2.75) is 44.2 Å². The summed E-state index contributed by atoms with van der Waals surface area (Å²) in [5, 5.41) is 3.21. The van der Waals surface area contributed by atoms with Crippen LogP contribution in [0.4, 0.5) is 0 Å². The number of hydrogen-bond donors (Lipinski definition) is 3. The van der Waals surface area contributed by atoms with Gasteiger partial charge in [0, 0.05) is 17.6 Å². The Hall–Kier alpha value is -2.48. The Balaban J connectivity index is 1.80. The molecule has 0 aliphatic heterocycles. The Morgan fingerprint density at radius 3 is 2.18 bits per heavy atom. The lowest BCUT2D eigenvalue weighted by molar-refractivity contribution is -0.120. The first-order valence-corrected chi connectivity index (χ1v) is 9.66. The van der Waals surface area contributed by atoms with E-state index in [1.165, 1.54) is 20.6 Å². The molecular weight excluding hydrogens is 362 g/mol. The van der Waals surface area contributed by atoms with Crippen molar-refractivity contribution in [1.82, 2.24) is 5.32 Å². The van der Waals surface area contributed by atoms with E-state index in [4.69, 9.17) is 25.7 Å². The van der Waals surface area contributed by atoms with Gasteiger partial charge in [0.2, 0.25) is 5.75 Å². The van der Waals surface area contributed by atoms with Crippen LogP contribution < -0.4 is 31.0 Å². The van der Waals surface area contributed by atoms with E-state index in [0.29, 0.717) is 28.9 Å². The number of methoxy groups -OCH3 is 2. The number of amides is 2.